The van der Waals surface area contributed by atoms with Crippen molar-refractivity contribution in [3.05, 3.63) is 95.1 Å². The molecule has 2 aromatic carbocycles. The first kappa shape index (κ1) is 74.6. The van der Waals surface area contributed by atoms with Gasteiger partial charge in [0.15, 0.2) is 6.10 Å². The summed E-state index contributed by atoms with van der Waals surface area (Å²) in [5.41, 5.74) is 13.1. The molecule has 0 saturated carbocycles. The third kappa shape index (κ3) is 19.9. The Balaban J connectivity index is 0.000000309. The minimum Gasteiger partial charge on any atom is -0.452 e. The van der Waals surface area contributed by atoms with Gasteiger partial charge in [-0.1, -0.05) is 89.8 Å². The molecule has 2 saturated heterocycles. The van der Waals surface area contributed by atoms with Crippen molar-refractivity contribution in [3.8, 4) is 0 Å². The summed E-state index contributed by atoms with van der Waals surface area (Å²) in [6.45, 7) is 22.4. The van der Waals surface area contributed by atoms with Gasteiger partial charge in [-0.25, -0.2) is 10.9 Å². The zero-order valence-electron chi connectivity index (χ0n) is 55.1. The quantitative estimate of drug-likeness (QED) is 0.0572. The number of hydrogen-bond acceptors (Lipinski definition) is 13. The molecule has 7 rings (SSSR count). The van der Waals surface area contributed by atoms with Crippen LogP contribution in [0, 0.1) is 23.7 Å². The summed E-state index contributed by atoms with van der Waals surface area (Å²) in [6, 6.07) is 8.91. The van der Waals surface area contributed by atoms with E-state index < -0.39 is 72.0 Å². The molecule has 12 atom stereocenters. The topological polar surface area (TPSA) is 237 Å². The fraction of sp³-hybridized carbons (Fsp3) is 0.618. The summed E-state index contributed by atoms with van der Waals surface area (Å²) < 4.78 is 16.8. The number of alkyl halides is 2. The number of benzene rings is 2. The van der Waals surface area contributed by atoms with Crippen molar-refractivity contribution in [1.29, 1.82) is 0 Å². The van der Waals surface area contributed by atoms with E-state index in [2.05, 4.69) is 82.4 Å². The first-order chi connectivity index (χ1) is 42.8. The molecule has 3 heterocycles. The molecule has 498 valence electrons. The predicted octanol–water partition coefficient (Wildman–Crippen LogP) is 8.16. The minimum atomic E-state index is -1.06. The van der Waals surface area contributed by atoms with Crippen LogP contribution in [0.25, 0.3) is 12.2 Å². The van der Waals surface area contributed by atoms with Crippen molar-refractivity contribution >= 4 is 82.7 Å². The van der Waals surface area contributed by atoms with Crippen LogP contribution in [0.1, 0.15) is 165 Å². The summed E-state index contributed by atoms with van der Waals surface area (Å²) in [4.78, 5) is 110. The van der Waals surface area contributed by atoms with Gasteiger partial charge in [-0.05, 0) is 155 Å². The van der Waals surface area contributed by atoms with E-state index in [0.29, 0.717) is 76.2 Å². The highest BCUT2D eigenvalue weighted by atomic mass is 35.5. The molecule has 0 aromatic heterocycles. The van der Waals surface area contributed by atoms with E-state index in [1.165, 1.54) is 21.1 Å². The number of carbonyl (C=O) groups is 8. The van der Waals surface area contributed by atoms with Crippen LogP contribution < -0.4 is 26.8 Å². The lowest BCUT2D eigenvalue weighted by atomic mass is 9.97. The number of amides is 7. The van der Waals surface area contributed by atoms with Gasteiger partial charge in [-0.3, -0.25) is 48.4 Å². The Morgan fingerprint density at radius 3 is 2.16 bits per heavy atom. The zero-order valence-corrected chi connectivity index (χ0v) is 56.6. The maximum Gasteiger partial charge on any atom is 0.312 e. The molecule has 0 unspecified atom stereocenters. The van der Waals surface area contributed by atoms with Gasteiger partial charge in [0, 0.05) is 53.2 Å². The Labute approximate surface area is 544 Å². The van der Waals surface area contributed by atoms with Crippen molar-refractivity contribution < 1.29 is 52.6 Å². The Morgan fingerprint density at radius 1 is 0.833 bits per heavy atom. The SMILES string of the molecule is C=CCC[C@@H](OC)[C@@H](C)C(=O)N[C@H](C(=O)N[C@@H](C)C(=O)N1CCC[C@@H](C(=O)N(C)[C@@H]2CCc3ccc(C=C)cc32)N1)C(C)C.CO[C@@H]1CC/C=C/c2ccc3c(c2)[C@@H](CC3)N(C)C(=O)[C@@H]2CCCN(N2)C(=O)[C@H](C)NC(=O)[C@H](C(C)C)OC(=O)[C@@H]1C.ClCCCl. The number of likely N-dealkylation sites (N-methyl/N-ethyl adjacent to an activating group) is 2. The van der Waals surface area contributed by atoms with Gasteiger partial charge in [0.2, 0.25) is 23.6 Å². The molecular weight excluding hydrogens is 1190 g/mol. The normalized spacial score (nSPS) is 24.8. The number of nitrogens with one attached hydrogen (secondary N) is 5. The fourth-order valence-electron chi connectivity index (χ4n) is 12.2. The van der Waals surface area contributed by atoms with Crippen LogP contribution in [-0.4, -0.2) is 169 Å². The maximum absolute atomic E-state index is 13.6. The number of ether oxygens (including phenoxy) is 3. The molecular formula is C68H101Cl2N9O11. The number of halogens is 2. The van der Waals surface area contributed by atoms with E-state index >= 15 is 0 Å². The number of hydrazine groups is 2. The van der Waals surface area contributed by atoms with Gasteiger partial charge >= 0.3 is 5.97 Å². The molecule has 5 aliphatic rings. The number of aryl methyl sites for hydroxylation is 2. The second-order valence-electron chi connectivity index (χ2n) is 24.9. The molecule has 0 spiro atoms. The average molecular weight is 1290 g/mol. The van der Waals surface area contributed by atoms with Gasteiger partial charge in [-0.2, -0.15) is 0 Å². The van der Waals surface area contributed by atoms with Crippen molar-refractivity contribution in [1.82, 2.24) is 46.6 Å². The van der Waals surface area contributed by atoms with Gasteiger partial charge in [0.1, 0.15) is 30.2 Å². The van der Waals surface area contributed by atoms with Gasteiger partial charge in [-0.15, -0.1) is 29.8 Å². The molecule has 2 aromatic rings. The van der Waals surface area contributed by atoms with Crippen molar-refractivity contribution in [2.24, 2.45) is 23.7 Å². The monoisotopic (exact) mass is 1290 g/mol. The molecule has 7 amide bonds. The number of methoxy groups -OCH3 is 2. The third-order valence-corrected chi connectivity index (χ3v) is 18.3. The third-order valence-electron chi connectivity index (χ3n) is 17.8. The molecule has 20 nitrogen and oxygen atoms in total. The molecule has 2 aliphatic carbocycles. The smallest absolute Gasteiger partial charge is 0.312 e. The van der Waals surface area contributed by atoms with Crippen LogP contribution in [0.2, 0.25) is 0 Å². The van der Waals surface area contributed by atoms with Crippen molar-refractivity contribution in [2.75, 3.05) is 53.2 Å². The van der Waals surface area contributed by atoms with E-state index in [1.54, 1.807) is 66.7 Å². The molecule has 0 radical (unpaired) electrons. The van der Waals surface area contributed by atoms with Gasteiger partial charge in [0.25, 0.3) is 17.7 Å². The van der Waals surface area contributed by atoms with Crippen LogP contribution >= 0.6 is 23.2 Å². The number of cyclic esters (lactones) is 1. The van der Waals surface area contributed by atoms with Crippen molar-refractivity contribution in [2.45, 2.75) is 193 Å². The molecule has 5 N–H and O–H groups in total. The highest BCUT2D eigenvalue weighted by molar-refractivity contribution is 6.26. The number of rotatable bonds is 17. The van der Waals surface area contributed by atoms with Crippen LogP contribution in [0.3, 0.4) is 0 Å². The highest BCUT2D eigenvalue weighted by Crippen LogP contribution is 2.38. The Kier molecular flexibility index (Phi) is 30.0. The second-order valence-corrected chi connectivity index (χ2v) is 25.7. The van der Waals surface area contributed by atoms with Gasteiger partial charge in [0.05, 0.1) is 36.1 Å². The summed E-state index contributed by atoms with van der Waals surface area (Å²) in [6.07, 6.45) is 14.6. The standard InChI is InChI=1S/C34H51N5O5.C32H46N4O6.C2H4Cl2/c1-9-11-14-29(44-8)22(5)31(40)36-30(21(3)4)32(41)35-23(6)33(42)39-19-12-13-27(37-39)34(43)38(7)28-18-17-25-16-15-24(10-2)20-26(25)28;1-19(2)28-29(37)33-21(4)30(38)36-17-9-11-25(34-36)31(39)35(5)26-16-15-23-14-13-22(18-24(23)26)10-7-8-12-27(41-6)20(3)32(40)42-28;3-1-2-4/h9-10,15-16,20-23,27-30,37H,1-2,11-14,17-19H2,3-8H3,(H,35,41)(H,36,40);7,10,13-14,18-21,25-28,34H,8-9,11-12,15-17H2,1-6H3,(H,33,37);1-2H2/b;10-7+;/t22-,23+,27+,28-,29-,30+;20-,21+,25+,26-,27-,28+;/m11./s1. The minimum absolute atomic E-state index is 0.0319. The summed E-state index contributed by atoms with van der Waals surface area (Å²) in [7, 11) is 6.80. The first-order valence-electron chi connectivity index (χ1n) is 32.0. The molecule has 90 heavy (non-hydrogen) atoms. The molecule has 4 bridgehead atoms. The van der Waals surface area contributed by atoms with Crippen LogP contribution in [0.15, 0.2) is 61.7 Å². The van der Waals surface area contributed by atoms with E-state index in [-0.39, 0.29) is 59.6 Å². The number of allylic oxidation sites excluding steroid dienone is 2. The van der Waals surface area contributed by atoms with Crippen LogP contribution in [0.4, 0.5) is 0 Å². The van der Waals surface area contributed by atoms with E-state index in [9.17, 15) is 38.4 Å². The maximum atomic E-state index is 13.6. The number of fused-ring (bicyclic) bond motifs is 4. The number of nitrogens with zero attached hydrogens (tertiary/aromatic N) is 4. The lowest BCUT2D eigenvalue weighted by Gasteiger charge is -2.37. The fourth-order valence-corrected chi connectivity index (χ4v) is 12.2. The lowest BCUT2D eigenvalue weighted by molar-refractivity contribution is -0.166. The summed E-state index contributed by atoms with van der Waals surface area (Å²) in [5, 5.41) is 11.2. The Morgan fingerprint density at radius 2 is 1.51 bits per heavy atom. The second kappa shape index (κ2) is 36.2. The number of carbonyl (C=O) groups excluding carboxylic acids is 8. The van der Waals surface area contributed by atoms with E-state index in [0.717, 1.165) is 47.9 Å². The largest absolute Gasteiger partial charge is 0.452 e. The molecule has 22 heteroatoms. The lowest BCUT2D eigenvalue weighted by Crippen LogP contribution is -2.62. The Bertz CT molecular complexity index is 2830. The Hall–Kier alpha value is -6.16. The molecule has 3 aliphatic heterocycles. The first-order valence-corrected chi connectivity index (χ1v) is 33.1. The van der Waals surface area contributed by atoms with Crippen LogP contribution in [-0.2, 0) is 65.4 Å². The predicted molar refractivity (Wildman–Crippen MR) is 352 cm³/mol. The molecule has 2 fully saturated rings. The number of hydrogen-bond donors (Lipinski definition) is 5. The highest BCUT2D eigenvalue weighted by Gasteiger charge is 2.40. The van der Waals surface area contributed by atoms with Crippen molar-refractivity contribution in [3.63, 3.8) is 0 Å². The van der Waals surface area contributed by atoms with Crippen LogP contribution in [0.5, 0.6) is 0 Å². The van der Waals surface area contributed by atoms with Gasteiger partial charge < -0.3 is 40.0 Å². The summed E-state index contributed by atoms with van der Waals surface area (Å²) in [5.74, 6) is -3.07. The summed E-state index contributed by atoms with van der Waals surface area (Å²) >= 11 is 10.1. The van der Waals surface area contributed by atoms with E-state index in [4.69, 9.17) is 37.4 Å². The number of esters is 1. The average Bonchev–Trinajstić information content (AvgIpc) is 1.65. The van der Waals surface area contributed by atoms with E-state index in [1.807, 2.05) is 45.0 Å². The zero-order chi connectivity index (χ0) is 66.5.